The first-order valence-electron chi connectivity index (χ1n) is 6.07. The molecular weight excluding hydrogens is 279 g/mol. The molecule has 0 aliphatic heterocycles. The van der Waals surface area contributed by atoms with Crippen molar-refractivity contribution in [2.75, 3.05) is 11.9 Å². The fraction of sp³-hybridized carbons (Fsp3) is 0.214. The van der Waals surface area contributed by atoms with E-state index < -0.39 is 12.1 Å². The van der Waals surface area contributed by atoms with E-state index in [1.807, 2.05) is 10.8 Å². The number of rotatable bonds is 4. The highest BCUT2D eigenvalue weighted by Crippen LogP contribution is 2.16. The molecule has 1 heterocycles. The number of hydrogen-bond donors (Lipinski definition) is 3. The first-order valence-corrected chi connectivity index (χ1v) is 7.01. The minimum atomic E-state index is -0.734. The third kappa shape index (κ3) is 3.79. The van der Waals surface area contributed by atoms with Crippen molar-refractivity contribution in [3.05, 3.63) is 52.0 Å². The van der Waals surface area contributed by atoms with Crippen molar-refractivity contribution in [3.63, 3.8) is 0 Å². The van der Waals surface area contributed by atoms with Crippen LogP contribution in [-0.2, 0) is 0 Å². The lowest BCUT2D eigenvalue weighted by molar-refractivity contribution is 0.175. The SMILES string of the molecule is Cc1cc(NC(=O)NCC(O)c2ccsc2)ccc1F. The molecule has 0 saturated heterocycles. The third-order valence-electron chi connectivity index (χ3n) is 2.80. The smallest absolute Gasteiger partial charge is 0.319 e. The van der Waals surface area contributed by atoms with Gasteiger partial charge >= 0.3 is 6.03 Å². The molecule has 1 aromatic heterocycles. The van der Waals surface area contributed by atoms with Gasteiger partial charge in [0.1, 0.15) is 5.82 Å². The summed E-state index contributed by atoms with van der Waals surface area (Å²) in [7, 11) is 0. The van der Waals surface area contributed by atoms with Crippen molar-refractivity contribution < 1.29 is 14.3 Å². The molecular formula is C14H15FN2O2S. The van der Waals surface area contributed by atoms with Gasteiger partial charge in [0.2, 0.25) is 0 Å². The summed E-state index contributed by atoms with van der Waals surface area (Å²) < 4.78 is 13.1. The molecule has 2 rings (SSSR count). The van der Waals surface area contributed by atoms with E-state index in [4.69, 9.17) is 0 Å². The van der Waals surface area contributed by atoms with E-state index in [1.165, 1.54) is 23.5 Å². The molecule has 0 spiro atoms. The van der Waals surface area contributed by atoms with Gasteiger partial charge < -0.3 is 15.7 Å². The van der Waals surface area contributed by atoms with E-state index in [0.717, 1.165) is 5.56 Å². The van der Waals surface area contributed by atoms with Crippen LogP contribution in [-0.4, -0.2) is 17.7 Å². The van der Waals surface area contributed by atoms with Gasteiger partial charge in [0.15, 0.2) is 0 Å². The molecule has 4 nitrogen and oxygen atoms in total. The van der Waals surface area contributed by atoms with E-state index in [9.17, 15) is 14.3 Å². The first-order chi connectivity index (χ1) is 9.56. The molecule has 0 bridgehead atoms. The second-order valence-corrected chi connectivity index (χ2v) is 5.15. The van der Waals surface area contributed by atoms with Crippen molar-refractivity contribution in [1.82, 2.24) is 5.32 Å². The van der Waals surface area contributed by atoms with Gasteiger partial charge in [0.05, 0.1) is 6.10 Å². The fourth-order valence-corrected chi connectivity index (χ4v) is 2.38. The molecule has 106 valence electrons. The molecule has 20 heavy (non-hydrogen) atoms. The second-order valence-electron chi connectivity index (χ2n) is 4.37. The lowest BCUT2D eigenvalue weighted by Crippen LogP contribution is -2.32. The van der Waals surface area contributed by atoms with Crippen molar-refractivity contribution in [3.8, 4) is 0 Å². The lowest BCUT2D eigenvalue weighted by atomic mass is 10.2. The number of aliphatic hydroxyl groups is 1. The Balaban J connectivity index is 1.85. The highest BCUT2D eigenvalue weighted by Gasteiger charge is 2.10. The van der Waals surface area contributed by atoms with Crippen LogP contribution in [0.3, 0.4) is 0 Å². The van der Waals surface area contributed by atoms with Crippen LogP contribution in [0, 0.1) is 12.7 Å². The quantitative estimate of drug-likeness (QED) is 0.811. The van der Waals surface area contributed by atoms with Crippen LogP contribution in [0.15, 0.2) is 35.0 Å². The second kappa shape index (κ2) is 6.49. The molecule has 3 N–H and O–H groups in total. The van der Waals surface area contributed by atoms with Gasteiger partial charge in [0, 0.05) is 12.2 Å². The summed E-state index contributed by atoms with van der Waals surface area (Å²) in [4.78, 5) is 11.7. The first kappa shape index (κ1) is 14.5. The maximum atomic E-state index is 13.1. The molecule has 1 unspecified atom stereocenters. The predicted octanol–water partition coefficient (Wildman–Crippen LogP) is 3.05. The number of urea groups is 1. The number of benzene rings is 1. The summed E-state index contributed by atoms with van der Waals surface area (Å²) in [5.74, 6) is -0.316. The highest BCUT2D eigenvalue weighted by atomic mass is 32.1. The number of aryl methyl sites for hydroxylation is 1. The Kier molecular flexibility index (Phi) is 4.70. The normalized spacial score (nSPS) is 11.9. The molecule has 2 amide bonds. The van der Waals surface area contributed by atoms with Crippen molar-refractivity contribution in [2.45, 2.75) is 13.0 Å². The molecule has 1 aromatic carbocycles. The zero-order valence-electron chi connectivity index (χ0n) is 10.9. The molecule has 0 saturated carbocycles. The van der Waals surface area contributed by atoms with E-state index in [2.05, 4.69) is 10.6 Å². The van der Waals surface area contributed by atoms with E-state index in [-0.39, 0.29) is 12.4 Å². The Morgan fingerprint density at radius 1 is 1.45 bits per heavy atom. The van der Waals surface area contributed by atoms with Crippen LogP contribution in [0.4, 0.5) is 14.9 Å². The average molecular weight is 294 g/mol. The van der Waals surface area contributed by atoms with Crippen molar-refractivity contribution in [2.24, 2.45) is 0 Å². The number of aliphatic hydroxyl groups excluding tert-OH is 1. The van der Waals surface area contributed by atoms with Crippen molar-refractivity contribution >= 4 is 23.1 Å². The lowest BCUT2D eigenvalue weighted by Gasteiger charge is -2.12. The number of halogens is 1. The number of amides is 2. The molecule has 6 heteroatoms. The zero-order chi connectivity index (χ0) is 14.5. The molecule has 0 radical (unpaired) electrons. The largest absolute Gasteiger partial charge is 0.387 e. The van der Waals surface area contributed by atoms with Gasteiger partial charge in [0.25, 0.3) is 0 Å². The Morgan fingerprint density at radius 2 is 2.25 bits per heavy atom. The number of nitrogens with one attached hydrogen (secondary N) is 2. The topological polar surface area (TPSA) is 61.4 Å². The minimum Gasteiger partial charge on any atom is -0.387 e. The predicted molar refractivity (Wildman–Crippen MR) is 77.4 cm³/mol. The monoisotopic (exact) mass is 294 g/mol. The van der Waals surface area contributed by atoms with Gasteiger partial charge in [-0.15, -0.1) is 0 Å². The summed E-state index contributed by atoms with van der Waals surface area (Å²) in [6.45, 7) is 1.74. The molecule has 0 aliphatic rings. The Morgan fingerprint density at radius 3 is 2.90 bits per heavy atom. The number of hydrogen-bond acceptors (Lipinski definition) is 3. The fourth-order valence-electron chi connectivity index (χ4n) is 1.67. The zero-order valence-corrected chi connectivity index (χ0v) is 11.7. The summed E-state index contributed by atoms with van der Waals surface area (Å²) in [6, 6.07) is 5.69. The standard InChI is InChI=1S/C14H15FN2O2S/c1-9-6-11(2-3-12(9)15)17-14(19)16-7-13(18)10-4-5-20-8-10/h2-6,8,13,18H,7H2,1H3,(H2,16,17,19). The number of carbonyl (C=O) groups excluding carboxylic acids is 1. The van der Waals surface area contributed by atoms with Crippen LogP contribution in [0.25, 0.3) is 0 Å². The van der Waals surface area contributed by atoms with E-state index >= 15 is 0 Å². The molecule has 0 fully saturated rings. The van der Waals surface area contributed by atoms with Crippen molar-refractivity contribution in [1.29, 1.82) is 0 Å². The summed E-state index contributed by atoms with van der Waals surface area (Å²) in [6.07, 6.45) is -0.734. The van der Waals surface area contributed by atoms with Gasteiger partial charge in [-0.25, -0.2) is 9.18 Å². The maximum absolute atomic E-state index is 13.1. The Bertz CT molecular complexity index is 587. The van der Waals surface area contributed by atoms with Gasteiger partial charge in [-0.2, -0.15) is 11.3 Å². The maximum Gasteiger partial charge on any atom is 0.319 e. The number of anilines is 1. The summed E-state index contributed by atoms with van der Waals surface area (Å²) in [5.41, 5.74) is 1.74. The van der Waals surface area contributed by atoms with E-state index in [1.54, 1.807) is 19.1 Å². The van der Waals surface area contributed by atoms with E-state index in [0.29, 0.717) is 11.3 Å². The van der Waals surface area contributed by atoms with Crippen LogP contribution >= 0.6 is 11.3 Å². The Hall–Kier alpha value is -1.92. The van der Waals surface area contributed by atoms with Gasteiger partial charge in [-0.1, -0.05) is 0 Å². The third-order valence-corrected chi connectivity index (χ3v) is 3.50. The molecule has 2 aromatic rings. The average Bonchev–Trinajstić information content (AvgIpc) is 2.94. The Labute approximate surface area is 120 Å². The van der Waals surface area contributed by atoms with Gasteiger partial charge in [-0.05, 0) is 53.1 Å². The summed E-state index contributed by atoms with van der Waals surface area (Å²) in [5, 5.41) is 18.7. The molecule has 1 atom stereocenters. The van der Waals surface area contributed by atoms with Gasteiger partial charge in [-0.3, -0.25) is 0 Å². The van der Waals surface area contributed by atoms with Crippen LogP contribution in [0.1, 0.15) is 17.2 Å². The van der Waals surface area contributed by atoms with Crippen LogP contribution in [0.2, 0.25) is 0 Å². The number of carbonyl (C=O) groups is 1. The minimum absolute atomic E-state index is 0.114. The highest BCUT2D eigenvalue weighted by molar-refractivity contribution is 7.07. The molecule has 0 aliphatic carbocycles. The van der Waals surface area contributed by atoms with Crippen LogP contribution < -0.4 is 10.6 Å². The summed E-state index contributed by atoms with van der Waals surface area (Å²) >= 11 is 1.48. The van der Waals surface area contributed by atoms with Crippen LogP contribution in [0.5, 0.6) is 0 Å². The number of thiophene rings is 1.